The van der Waals surface area contributed by atoms with Crippen molar-refractivity contribution in [2.75, 3.05) is 32.8 Å². The standard InChI is InChI=1S/C22H48N2O/c1-5-9-13-17-23(18-14-10-6-2)22(21-25)24(19-15-11-7-3)20-16-12-8-4/h22,25H,5-21H2,1-4H3. The molecule has 0 bridgehead atoms. The third-order valence-electron chi connectivity index (χ3n) is 5.20. The molecule has 0 rings (SSSR count). The Labute approximate surface area is 159 Å². The van der Waals surface area contributed by atoms with Gasteiger partial charge in [0.25, 0.3) is 0 Å². The lowest BCUT2D eigenvalue weighted by molar-refractivity contribution is -0.00238. The topological polar surface area (TPSA) is 26.7 Å². The van der Waals surface area contributed by atoms with Crippen LogP contribution < -0.4 is 0 Å². The SMILES string of the molecule is CCCCCN(CCCCC)C(CO)N(CCCCC)CCCCC. The summed E-state index contributed by atoms with van der Waals surface area (Å²) in [5.41, 5.74) is 0. The van der Waals surface area contributed by atoms with Crippen molar-refractivity contribution < 1.29 is 5.11 Å². The molecule has 0 aliphatic rings. The van der Waals surface area contributed by atoms with Crippen LogP contribution in [0.15, 0.2) is 0 Å². The summed E-state index contributed by atoms with van der Waals surface area (Å²) in [5, 5.41) is 10.2. The molecule has 0 aromatic carbocycles. The number of hydrogen-bond acceptors (Lipinski definition) is 3. The highest BCUT2D eigenvalue weighted by atomic mass is 16.3. The van der Waals surface area contributed by atoms with Crippen molar-refractivity contribution in [1.29, 1.82) is 0 Å². The van der Waals surface area contributed by atoms with Crippen LogP contribution in [0.3, 0.4) is 0 Å². The number of hydrogen-bond donors (Lipinski definition) is 1. The van der Waals surface area contributed by atoms with E-state index in [1.807, 2.05) is 0 Å². The molecule has 1 N–H and O–H groups in total. The summed E-state index contributed by atoms with van der Waals surface area (Å²) in [6.07, 6.45) is 15.5. The van der Waals surface area contributed by atoms with Gasteiger partial charge in [-0.15, -0.1) is 0 Å². The van der Waals surface area contributed by atoms with E-state index >= 15 is 0 Å². The summed E-state index contributed by atoms with van der Waals surface area (Å²) in [6.45, 7) is 13.9. The highest BCUT2D eigenvalue weighted by Crippen LogP contribution is 2.14. The fourth-order valence-electron chi connectivity index (χ4n) is 3.54. The van der Waals surface area contributed by atoms with Crippen LogP contribution in [0.5, 0.6) is 0 Å². The molecule has 0 heterocycles. The third-order valence-corrected chi connectivity index (χ3v) is 5.20. The Morgan fingerprint density at radius 3 is 1.00 bits per heavy atom. The van der Waals surface area contributed by atoms with E-state index in [-0.39, 0.29) is 12.8 Å². The molecule has 152 valence electrons. The number of rotatable bonds is 19. The van der Waals surface area contributed by atoms with E-state index in [0.29, 0.717) is 0 Å². The van der Waals surface area contributed by atoms with Gasteiger partial charge in [-0.25, -0.2) is 0 Å². The first kappa shape index (κ1) is 24.9. The van der Waals surface area contributed by atoms with Crippen LogP contribution in [-0.4, -0.2) is 53.9 Å². The maximum atomic E-state index is 10.2. The summed E-state index contributed by atoms with van der Waals surface area (Å²) in [5.74, 6) is 0. The molecule has 0 atom stereocenters. The van der Waals surface area contributed by atoms with Crippen LogP contribution in [0.25, 0.3) is 0 Å². The second-order valence-electron chi connectivity index (χ2n) is 7.56. The van der Waals surface area contributed by atoms with Crippen LogP contribution in [0.1, 0.15) is 105 Å². The Morgan fingerprint density at radius 1 is 0.520 bits per heavy atom. The van der Waals surface area contributed by atoms with Crippen LogP contribution in [0.2, 0.25) is 0 Å². The molecule has 0 amide bonds. The number of unbranched alkanes of at least 4 members (excludes halogenated alkanes) is 8. The molecule has 3 heteroatoms. The van der Waals surface area contributed by atoms with E-state index in [1.54, 1.807) is 0 Å². The zero-order valence-electron chi connectivity index (χ0n) is 17.9. The van der Waals surface area contributed by atoms with E-state index in [0.717, 1.165) is 26.2 Å². The zero-order valence-corrected chi connectivity index (χ0v) is 17.9. The molecule has 0 unspecified atom stereocenters. The van der Waals surface area contributed by atoms with E-state index in [1.165, 1.54) is 77.0 Å². The maximum Gasteiger partial charge on any atom is 0.0861 e. The summed E-state index contributed by atoms with van der Waals surface area (Å²) in [7, 11) is 0. The average Bonchev–Trinajstić information content (AvgIpc) is 2.62. The summed E-state index contributed by atoms with van der Waals surface area (Å²) in [4.78, 5) is 5.17. The van der Waals surface area contributed by atoms with Crippen molar-refractivity contribution in [3.63, 3.8) is 0 Å². The van der Waals surface area contributed by atoms with Crippen LogP contribution >= 0.6 is 0 Å². The van der Waals surface area contributed by atoms with Gasteiger partial charge < -0.3 is 5.11 Å². The number of aliphatic hydroxyl groups is 1. The summed E-state index contributed by atoms with van der Waals surface area (Å²) in [6, 6.07) is 0. The third kappa shape index (κ3) is 12.8. The molecule has 0 saturated heterocycles. The van der Waals surface area contributed by atoms with Crippen LogP contribution in [-0.2, 0) is 0 Å². The predicted octanol–water partition coefficient (Wildman–Crippen LogP) is 5.67. The minimum atomic E-state index is 0.224. The largest absolute Gasteiger partial charge is 0.393 e. The van der Waals surface area contributed by atoms with Crippen molar-refractivity contribution in [3.8, 4) is 0 Å². The van der Waals surface area contributed by atoms with Crippen molar-refractivity contribution in [3.05, 3.63) is 0 Å². The molecule has 0 fully saturated rings. The Morgan fingerprint density at radius 2 is 0.800 bits per heavy atom. The predicted molar refractivity (Wildman–Crippen MR) is 112 cm³/mol. The van der Waals surface area contributed by atoms with Gasteiger partial charge in [-0.3, -0.25) is 9.80 Å². The van der Waals surface area contributed by atoms with Gasteiger partial charge in [0, 0.05) is 0 Å². The second-order valence-corrected chi connectivity index (χ2v) is 7.56. The van der Waals surface area contributed by atoms with Crippen molar-refractivity contribution >= 4 is 0 Å². The van der Waals surface area contributed by atoms with E-state index in [9.17, 15) is 5.11 Å². The lowest BCUT2D eigenvalue weighted by atomic mass is 10.1. The molecule has 25 heavy (non-hydrogen) atoms. The van der Waals surface area contributed by atoms with Crippen molar-refractivity contribution in [2.45, 2.75) is 111 Å². The second kappa shape index (κ2) is 18.7. The quantitative estimate of drug-likeness (QED) is 0.239. The van der Waals surface area contributed by atoms with Gasteiger partial charge in [-0.1, -0.05) is 79.1 Å². The highest BCUT2D eigenvalue weighted by molar-refractivity contribution is 4.74. The Kier molecular flexibility index (Phi) is 18.6. The summed E-state index contributed by atoms with van der Waals surface area (Å²) < 4.78 is 0. The smallest absolute Gasteiger partial charge is 0.0861 e. The van der Waals surface area contributed by atoms with Gasteiger partial charge in [0.05, 0.1) is 12.8 Å². The van der Waals surface area contributed by atoms with Gasteiger partial charge in [0.2, 0.25) is 0 Å². The minimum absolute atomic E-state index is 0.224. The number of aliphatic hydroxyl groups excluding tert-OH is 1. The van der Waals surface area contributed by atoms with Gasteiger partial charge >= 0.3 is 0 Å². The molecule has 0 radical (unpaired) electrons. The molecular weight excluding hydrogens is 308 g/mol. The first-order chi connectivity index (χ1) is 12.2. The van der Waals surface area contributed by atoms with Gasteiger partial charge in [-0.2, -0.15) is 0 Å². The monoisotopic (exact) mass is 356 g/mol. The minimum Gasteiger partial charge on any atom is -0.393 e. The Hall–Kier alpha value is -0.120. The lowest BCUT2D eigenvalue weighted by Gasteiger charge is -2.39. The zero-order chi connectivity index (χ0) is 18.8. The summed E-state index contributed by atoms with van der Waals surface area (Å²) >= 11 is 0. The first-order valence-electron chi connectivity index (χ1n) is 11.3. The molecule has 0 aromatic heterocycles. The molecule has 0 spiro atoms. The van der Waals surface area contributed by atoms with Crippen molar-refractivity contribution in [1.82, 2.24) is 9.80 Å². The Balaban J connectivity index is 4.83. The van der Waals surface area contributed by atoms with Crippen molar-refractivity contribution in [2.24, 2.45) is 0 Å². The van der Waals surface area contributed by atoms with E-state index in [4.69, 9.17) is 0 Å². The van der Waals surface area contributed by atoms with Gasteiger partial charge in [0.1, 0.15) is 0 Å². The number of nitrogens with zero attached hydrogens (tertiary/aromatic N) is 2. The average molecular weight is 357 g/mol. The molecule has 0 aromatic rings. The fraction of sp³-hybridized carbons (Fsp3) is 1.00. The normalized spacial score (nSPS) is 12.0. The molecule has 3 nitrogen and oxygen atoms in total. The maximum absolute atomic E-state index is 10.2. The van der Waals surface area contributed by atoms with E-state index < -0.39 is 0 Å². The molecule has 0 aliphatic heterocycles. The van der Waals surface area contributed by atoms with Crippen LogP contribution in [0, 0.1) is 0 Å². The Bertz CT molecular complexity index is 216. The first-order valence-corrected chi connectivity index (χ1v) is 11.3. The lowest BCUT2D eigenvalue weighted by Crippen LogP contribution is -2.52. The van der Waals surface area contributed by atoms with E-state index in [2.05, 4.69) is 37.5 Å². The van der Waals surface area contributed by atoms with Crippen LogP contribution in [0.4, 0.5) is 0 Å². The molecule has 0 aliphatic carbocycles. The van der Waals surface area contributed by atoms with Gasteiger partial charge in [-0.05, 0) is 51.9 Å². The molecule has 0 saturated carbocycles. The fourth-order valence-corrected chi connectivity index (χ4v) is 3.54. The van der Waals surface area contributed by atoms with Gasteiger partial charge in [0.15, 0.2) is 0 Å². The molecular formula is C22H48N2O. The highest BCUT2D eigenvalue weighted by Gasteiger charge is 2.23.